The number of ether oxygens (including phenoxy) is 1. The molecule has 2 fully saturated rings. The summed E-state index contributed by atoms with van der Waals surface area (Å²) < 4.78 is 30.6. The molecule has 0 aromatic rings. The second kappa shape index (κ2) is 10.3. The Morgan fingerprint density at radius 1 is 1.16 bits per heavy atom. The lowest BCUT2D eigenvalue weighted by Crippen LogP contribution is -2.47. The molecule has 0 aromatic heterocycles. The van der Waals surface area contributed by atoms with Gasteiger partial charge in [0.1, 0.15) is 0 Å². The minimum absolute atomic E-state index is 0.200. The van der Waals surface area contributed by atoms with Gasteiger partial charge in [0.2, 0.25) is 10.0 Å². The molecule has 9 heteroatoms. The van der Waals surface area contributed by atoms with Crippen LogP contribution < -0.4 is 10.6 Å². The number of amides is 2. The van der Waals surface area contributed by atoms with Crippen molar-refractivity contribution < 1.29 is 17.9 Å². The minimum Gasteiger partial charge on any atom is -0.379 e. The molecule has 1 aliphatic heterocycles. The van der Waals surface area contributed by atoms with E-state index < -0.39 is 10.0 Å². The SMILES string of the molecule is CS(=O)(=O)N(CCNC(=O)NC1CCCCC1)CCN1CCOCC1. The highest BCUT2D eigenvalue weighted by Crippen LogP contribution is 2.17. The van der Waals surface area contributed by atoms with Crippen molar-refractivity contribution in [3.63, 3.8) is 0 Å². The largest absolute Gasteiger partial charge is 0.379 e. The van der Waals surface area contributed by atoms with E-state index in [1.165, 1.54) is 17.0 Å². The molecule has 146 valence electrons. The van der Waals surface area contributed by atoms with Gasteiger partial charge in [0, 0.05) is 45.3 Å². The molecule has 0 unspecified atom stereocenters. The fraction of sp³-hybridized carbons (Fsp3) is 0.938. The monoisotopic (exact) mass is 376 g/mol. The van der Waals surface area contributed by atoms with Gasteiger partial charge in [-0.1, -0.05) is 19.3 Å². The van der Waals surface area contributed by atoms with Crippen molar-refractivity contribution in [1.29, 1.82) is 0 Å². The molecule has 1 aliphatic carbocycles. The number of rotatable bonds is 8. The summed E-state index contributed by atoms with van der Waals surface area (Å²) in [6.45, 7) is 4.79. The zero-order valence-electron chi connectivity index (χ0n) is 15.2. The molecule has 2 aliphatic rings. The van der Waals surface area contributed by atoms with E-state index >= 15 is 0 Å². The number of carbonyl (C=O) groups is 1. The summed E-state index contributed by atoms with van der Waals surface area (Å²) in [5.74, 6) is 0. The number of sulfonamides is 1. The van der Waals surface area contributed by atoms with E-state index in [0.29, 0.717) is 39.4 Å². The van der Waals surface area contributed by atoms with E-state index in [2.05, 4.69) is 15.5 Å². The Kier molecular flexibility index (Phi) is 8.41. The quantitative estimate of drug-likeness (QED) is 0.632. The minimum atomic E-state index is -3.29. The third-order valence-corrected chi connectivity index (χ3v) is 6.13. The van der Waals surface area contributed by atoms with E-state index in [0.717, 1.165) is 38.8 Å². The summed E-state index contributed by atoms with van der Waals surface area (Å²) in [4.78, 5) is 14.1. The topological polar surface area (TPSA) is 91.0 Å². The van der Waals surface area contributed by atoms with Crippen LogP contribution in [0, 0.1) is 0 Å². The lowest BCUT2D eigenvalue weighted by atomic mass is 9.96. The summed E-state index contributed by atoms with van der Waals surface area (Å²) in [6, 6.07) is 0.0506. The first-order valence-electron chi connectivity index (χ1n) is 9.25. The van der Waals surface area contributed by atoms with Crippen LogP contribution in [0.5, 0.6) is 0 Å². The number of hydrogen-bond donors (Lipinski definition) is 2. The van der Waals surface area contributed by atoms with Crippen molar-refractivity contribution in [3.8, 4) is 0 Å². The normalized spacial score (nSPS) is 20.6. The number of urea groups is 1. The highest BCUT2D eigenvalue weighted by atomic mass is 32.2. The van der Waals surface area contributed by atoms with Crippen LogP contribution in [0.4, 0.5) is 4.79 Å². The van der Waals surface area contributed by atoms with Crippen LogP contribution in [-0.2, 0) is 14.8 Å². The molecule has 8 nitrogen and oxygen atoms in total. The maximum atomic E-state index is 12.0. The molecule has 2 rings (SSSR count). The lowest BCUT2D eigenvalue weighted by molar-refractivity contribution is 0.0363. The summed E-state index contributed by atoms with van der Waals surface area (Å²) in [5, 5.41) is 5.76. The average molecular weight is 377 g/mol. The Bertz CT molecular complexity index is 502. The van der Waals surface area contributed by atoms with Crippen molar-refractivity contribution >= 4 is 16.1 Å². The Labute approximate surface area is 151 Å². The van der Waals surface area contributed by atoms with Gasteiger partial charge < -0.3 is 15.4 Å². The van der Waals surface area contributed by atoms with E-state index in [9.17, 15) is 13.2 Å². The standard InChI is InChI=1S/C16H32N4O4S/c1-25(22,23)20(10-9-19-11-13-24-14-12-19)8-7-17-16(21)18-15-5-3-2-4-6-15/h15H,2-14H2,1H3,(H2,17,18,21). The second-order valence-corrected chi connectivity index (χ2v) is 8.83. The van der Waals surface area contributed by atoms with Gasteiger partial charge in [-0.3, -0.25) is 4.90 Å². The summed E-state index contributed by atoms with van der Waals surface area (Å²) in [5.41, 5.74) is 0. The van der Waals surface area contributed by atoms with Crippen LogP contribution in [-0.4, -0.2) is 88.4 Å². The Balaban J connectivity index is 1.68. The van der Waals surface area contributed by atoms with E-state index in [4.69, 9.17) is 4.74 Å². The Hall–Kier alpha value is -0.900. The van der Waals surface area contributed by atoms with Crippen molar-refractivity contribution in [1.82, 2.24) is 19.8 Å². The van der Waals surface area contributed by atoms with Crippen molar-refractivity contribution in [2.24, 2.45) is 0 Å². The smallest absolute Gasteiger partial charge is 0.315 e. The van der Waals surface area contributed by atoms with Crippen LogP contribution in [0.2, 0.25) is 0 Å². The number of carbonyl (C=O) groups excluding carboxylic acids is 1. The average Bonchev–Trinajstić information content (AvgIpc) is 2.58. The summed E-state index contributed by atoms with van der Waals surface area (Å²) >= 11 is 0. The first-order chi connectivity index (χ1) is 11.9. The summed E-state index contributed by atoms with van der Waals surface area (Å²) in [7, 11) is -3.29. The molecule has 0 bridgehead atoms. The molecule has 2 amide bonds. The highest BCUT2D eigenvalue weighted by Gasteiger charge is 2.20. The fourth-order valence-corrected chi connectivity index (χ4v) is 4.13. The van der Waals surface area contributed by atoms with Crippen molar-refractivity contribution in [2.75, 3.05) is 58.7 Å². The van der Waals surface area contributed by atoms with Crippen LogP contribution in [0.1, 0.15) is 32.1 Å². The van der Waals surface area contributed by atoms with Gasteiger partial charge in [-0.2, -0.15) is 4.31 Å². The van der Waals surface area contributed by atoms with E-state index in [1.54, 1.807) is 0 Å². The first kappa shape index (κ1) is 20.4. The van der Waals surface area contributed by atoms with Crippen molar-refractivity contribution in [3.05, 3.63) is 0 Å². The van der Waals surface area contributed by atoms with Gasteiger partial charge in [-0.15, -0.1) is 0 Å². The predicted molar refractivity (Wildman–Crippen MR) is 97.1 cm³/mol. The van der Waals surface area contributed by atoms with Crippen LogP contribution in [0.3, 0.4) is 0 Å². The van der Waals surface area contributed by atoms with Gasteiger partial charge in [0.25, 0.3) is 0 Å². The maximum Gasteiger partial charge on any atom is 0.315 e. The molecule has 25 heavy (non-hydrogen) atoms. The fourth-order valence-electron chi connectivity index (χ4n) is 3.30. The molecular formula is C16H32N4O4S. The number of hydrogen-bond acceptors (Lipinski definition) is 5. The van der Waals surface area contributed by atoms with Crippen molar-refractivity contribution in [2.45, 2.75) is 38.1 Å². The second-order valence-electron chi connectivity index (χ2n) is 6.85. The van der Waals surface area contributed by atoms with Gasteiger partial charge in [0.15, 0.2) is 0 Å². The number of morpholine rings is 1. The zero-order valence-corrected chi connectivity index (χ0v) is 16.0. The molecule has 0 aromatic carbocycles. The predicted octanol–water partition coefficient (Wildman–Crippen LogP) is 0.212. The van der Waals surface area contributed by atoms with Gasteiger partial charge in [0.05, 0.1) is 19.5 Å². The molecular weight excluding hydrogens is 344 g/mol. The lowest BCUT2D eigenvalue weighted by Gasteiger charge is -2.29. The molecule has 2 N–H and O–H groups in total. The molecule has 1 saturated carbocycles. The van der Waals surface area contributed by atoms with Crippen LogP contribution in [0.15, 0.2) is 0 Å². The zero-order chi connectivity index (χ0) is 18.1. The van der Waals surface area contributed by atoms with E-state index in [-0.39, 0.29) is 12.1 Å². The van der Waals surface area contributed by atoms with Gasteiger partial charge in [-0.25, -0.2) is 13.2 Å². The van der Waals surface area contributed by atoms with Crippen LogP contribution >= 0.6 is 0 Å². The van der Waals surface area contributed by atoms with Crippen LogP contribution in [0.25, 0.3) is 0 Å². The maximum absolute atomic E-state index is 12.0. The third-order valence-electron chi connectivity index (χ3n) is 4.83. The summed E-state index contributed by atoms with van der Waals surface area (Å²) in [6.07, 6.45) is 6.84. The molecule has 0 radical (unpaired) electrons. The third kappa shape index (κ3) is 7.89. The Morgan fingerprint density at radius 3 is 2.48 bits per heavy atom. The number of nitrogens with zero attached hydrogens (tertiary/aromatic N) is 2. The van der Waals surface area contributed by atoms with Gasteiger partial charge in [-0.05, 0) is 12.8 Å². The van der Waals surface area contributed by atoms with Gasteiger partial charge >= 0.3 is 6.03 Å². The molecule has 0 atom stereocenters. The first-order valence-corrected chi connectivity index (χ1v) is 11.1. The Morgan fingerprint density at radius 2 is 1.84 bits per heavy atom. The highest BCUT2D eigenvalue weighted by molar-refractivity contribution is 7.88. The van der Waals surface area contributed by atoms with E-state index in [1.807, 2.05) is 0 Å². The molecule has 0 spiro atoms. The molecule has 1 saturated heterocycles. The number of nitrogens with one attached hydrogen (secondary N) is 2. The molecule has 1 heterocycles.